The molecule has 0 amide bonds. The molecule has 0 saturated carbocycles. The molecule has 1 aromatic rings. The van der Waals surface area contributed by atoms with Crippen molar-refractivity contribution in [3.63, 3.8) is 0 Å². The molecule has 0 bridgehead atoms. The fourth-order valence-corrected chi connectivity index (χ4v) is 2.45. The van der Waals surface area contributed by atoms with Crippen LogP contribution in [0.3, 0.4) is 0 Å². The molecule has 0 heterocycles. The molecule has 0 aliphatic heterocycles. The smallest absolute Gasteiger partial charge is 0.0399 e. The molecule has 0 atom stereocenters. The fraction of sp³-hybridized carbons (Fsp3) is 0.600. The molecule has 1 aromatic carbocycles. The van der Waals surface area contributed by atoms with Gasteiger partial charge in [-0.3, -0.25) is 0 Å². The topological polar surface area (TPSA) is 6.48 Å². The van der Waals surface area contributed by atoms with Gasteiger partial charge in [0.15, 0.2) is 0 Å². The van der Waals surface area contributed by atoms with E-state index in [2.05, 4.69) is 48.2 Å². The van der Waals surface area contributed by atoms with Gasteiger partial charge < -0.3 is 9.80 Å². The van der Waals surface area contributed by atoms with Crippen LogP contribution < -0.4 is 4.90 Å². The Morgan fingerprint density at radius 3 is 1.95 bits per heavy atom. The highest BCUT2D eigenvalue weighted by Crippen LogP contribution is 2.16. The number of alkyl halides is 2. The number of hydrogen-bond acceptors (Lipinski definition) is 2. The van der Waals surface area contributed by atoms with E-state index in [0.29, 0.717) is 11.8 Å². The second-order valence-corrected chi connectivity index (χ2v) is 5.69. The van der Waals surface area contributed by atoms with Crippen molar-refractivity contribution in [2.24, 2.45) is 0 Å². The standard InChI is InChI=1S/C15H24Cl2N2/c1-18(2)11-3-4-14-5-7-15(8-6-14)19(12-9-16)13-10-17/h5-8H,3-4,9-13H2,1-2H3. The van der Waals surface area contributed by atoms with Gasteiger partial charge in [-0.15, -0.1) is 23.2 Å². The molecule has 0 fully saturated rings. The molecule has 0 unspecified atom stereocenters. The van der Waals surface area contributed by atoms with E-state index in [4.69, 9.17) is 23.2 Å². The maximum Gasteiger partial charge on any atom is 0.0399 e. The summed E-state index contributed by atoms with van der Waals surface area (Å²) in [5.74, 6) is 1.25. The van der Waals surface area contributed by atoms with Crippen LogP contribution in [0.25, 0.3) is 0 Å². The van der Waals surface area contributed by atoms with Gasteiger partial charge in [-0.2, -0.15) is 0 Å². The first-order valence-corrected chi connectivity index (χ1v) is 7.85. The molecule has 0 spiro atoms. The Kier molecular flexibility index (Phi) is 8.27. The van der Waals surface area contributed by atoms with Crippen LogP contribution in [0.2, 0.25) is 0 Å². The van der Waals surface area contributed by atoms with Crippen LogP contribution >= 0.6 is 23.2 Å². The number of aryl methyl sites for hydroxylation is 1. The van der Waals surface area contributed by atoms with Crippen molar-refractivity contribution in [2.45, 2.75) is 12.8 Å². The molecule has 0 aliphatic carbocycles. The first-order valence-electron chi connectivity index (χ1n) is 6.78. The minimum atomic E-state index is 0.626. The van der Waals surface area contributed by atoms with E-state index in [-0.39, 0.29) is 0 Å². The second kappa shape index (κ2) is 9.46. The van der Waals surface area contributed by atoms with Crippen LogP contribution in [0.1, 0.15) is 12.0 Å². The summed E-state index contributed by atoms with van der Waals surface area (Å²) in [5.41, 5.74) is 2.60. The Morgan fingerprint density at radius 1 is 0.895 bits per heavy atom. The average Bonchev–Trinajstić information content (AvgIpc) is 2.39. The van der Waals surface area contributed by atoms with Gasteiger partial charge >= 0.3 is 0 Å². The molecular formula is C15H24Cl2N2. The van der Waals surface area contributed by atoms with E-state index in [9.17, 15) is 0 Å². The Labute approximate surface area is 127 Å². The highest BCUT2D eigenvalue weighted by molar-refractivity contribution is 6.18. The average molecular weight is 303 g/mol. The highest BCUT2D eigenvalue weighted by atomic mass is 35.5. The maximum atomic E-state index is 5.82. The first kappa shape index (κ1) is 16.6. The van der Waals surface area contributed by atoms with Gasteiger partial charge in [0.2, 0.25) is 0 Å². The molecule has 108 valence electrons. The monoisotopic (exact) mass is 302 g/mol. The summed E-state index contributed by atoms with van der Waals surface area (Å²) in [7, 11) is 4.22. The number of hydrogen-bond donors (Lipinski definition) is 0. The van der Waals surface area contributed by atoms with Crippen molar-refractivity contribution in [3.05, 3.63) is 29.8 Å². The third-order valence-corrected chi connectivity index (χ3v) is 3.42. The lowest BCUT2D eigenvalue weighted by molar-refractivity contribution is 0.400. The molecule has 0 saturated heterocycles. The largest absolute Gasteiger partial charge is 0.369 e. The first-order chi connectivity index (χ1) is 9.17. The number of rotatable bonds is 9. The summed E-state index contributed by atoms with van der Waals surface area (Å²) < 4.78 is 0. The van der Waals surface area contributed by atoms with Crippen LogP contribution in [0.5, 0.6) is 0 Å². The SMILES string of the molecule is CN(C)CCCc1ccc(N(CCCl)CCCl)cc1. The minimum Gasteiger partial charge on any atom is -0.369 e. The molecule has 0 N–H and O–H groups in total. The number of anilines is 1. The molecule has 0 radical (unpaired) electrons. The van der Waals surface area contributed by atoms with E-state index in [0.717, 1.165) is 26.1 Å². The third-order valence-electron chi connectivity index (χ3n) is 3.08. The molecule has 1 rings (SSSR count). The normalized spacial score (nSPS) is 11.0. The van der Waals surface area contributed by atoms with Crippen molar-refractivity contribution >= 4 is 28.9 Å². The van der Waals surface area contributed by atoms with Gasteiger partial charge in [0, 0.05) is 30.5 Å². The summed E-state index contributed by atoms with van der Waals surface area (Å²) in [6.45, 7) is 2.81. The van der Waals surface area contributed by atoms with Crippen LogP contribution in [0.15, 0.2) is 24.3 Å². The zero-order valence-corrected chi connectivity index (χ0v) is 13.4. The predicted molar refractivity (Wildman–Crippen MR) is 87.0 cm³/mol. The third kappa shape index (κ3) is 6.51. The van der Waals surface area contributed by atoms with Crippen molar-refractivity contribution in [3.8, 4) is 0 Å². The molecule has 19 heavy (non-hydrogen) atoms. The van der Waals surface area contributed by atoms with Gasteiger partial charge in [0.25, 0.3) is 0 Å². The summed E-state index contributed by atoms with van der Waals surface area (Å²) in [4.78, 5) is 4.45. The van der Waals surface area contributed by atoms with Gasteiger partial charge in [-0.1, -0.05) is 12.1 Å². The lowest BCUT2D eigenvalue weighted by atomic mass is 10.1. The molecule has 2 nitrogen and oxygen atoms in total. The van der Waals surface area contributed by atoms with Gasteiger partial charge in [-0.05, 0) is 51.2 Å². The Hall–Kier alpha value is -0.440. The predicted octanol–water partition coefficient (Wildman–Crippen LogP) is 3.46. The van der Waals surface area contributed by atoms with Gasteiger partial charge in [0.05, 0.1) is 0 Å². The quantitative estimate of drug-likeness (QED) is 0.645. The highest BCUT2D eigenvalue weighted by Gasteiger charge is 2.05. The van der Waals surface area contributed by atoms with Crippen LogP contribution in [-0.2, 0) is 6.42 Å². The van der Waals surface area contributed by atoms with Gasteiger partial charge in [0.1, 0.15) is 0 Å². The second-order valence-electron chi connectivity index (χ2n) is 4.94. The molecule has 0 aromatic heterocycles. The maximum absolute atomic E-state index is 5.82. The number of benzene rings is 1. The van der Waals surface area contributed by atoms with Crippen LogP contribution in [0, 0.1) is 0 Å². The Morgan fingerprint density at radius 2 is 1.47 bits per heavy atom. The van der Waals surface area contributed by atoms with Crippen molar-refractivity contribution < 1.29 is 0 Å². The van der Waals surface area contributed by atoms with E-state index in [1.54, 1.807) is 0 Å². The van der Waals surface area contributed by atoms with E-state index >= 15 is 0 Å². The van der Waals surface area contributed by atoms with E-state index in [1.165, 1.54) is 17.7 Å². The summed E-state index contributed by atoms with van der Waals surface area (Å²) in [6, 6.07) is 8.76. The molecule has 0 aliphatic rings. The van der Waals surface area contributed by atoms with E-state index < -0.39 is 0 Å². The van der Waals surface area contributed by atoms with Crippen molar-refractivity contribution in [2.75, 3.05) is 50.4 Å². The Bertz CT molecular complexity index is 333. The molecule has 4 heteroatoms. The molecular weight excluding hydrogens is 279 g/mol. The summed E-state index contributed by atoms with van der Waals surface area (Å²) >= 11 is 11.6. The summed E-state index contributed by atoms with van der Waals surface area (Å²) in [5, 5.41) is 0. The lowest BCUT2D eigenvalue weighted by Crippen LogP contribution is -2.27. The zero-order valence-electron chi connectivity index (χ0n) is 11.9. The zero-order chi connectivity index (χ0) is 14.1. The number of halogens is 2. The number of nitrogens with zero attached hydrogens (tertiary/aromatic N) is 2. The van der Waals surface area contributed by atoms with Crippen LogP contribution in [-0.4, -0.2) is 50.4 Å². The fourth-order valence-electron chi connectivity index (χ4n) is 2.05. The van der Waals surface area contributed by atoms with Gasteiger partial charge in [-0.25, -0.2) is 0 Å². The Balaban J connectivity index is 2.53. The van der Waals surface area contributed by atoms with E-state index in [1.807, 2.05) is 0 Å². The lowest BCUT2D eigenvalue weighted by Gasteiger charge is -2.23. The van der Waals surface area contributed by atoms with Crippen molar-refractivity contribution in [1.82, 2.24) is 4.90 Å². The summed E-state index contributed by atoms with van der Waals surface area (Å²) in [6.07, 6.45) is 2.32. The minimum absolute atomic E-state index is 0.626. The van der Waals surface area contributed by atoms with Crippen LogP contribution in [0.4, 0.5) is 5.69 Å². The van der Waals surface area contributed by atoms with Crippen molar-refractivity contribution in [1.29, 1.82) is 0 Å².